The van der Waals surface area contributed by atoms with Gasteiger partial charge in [0.2, 0.25) is 0 Å². The number of benzene rings is 1. The normalized spacial score (nSPS) is 12.4. The Morgan fingerprint density at radius 1 is 1.43 bits per heavy atom. The van der Waals surface area contributed by atoms with E-state index in [1.165, 1.54) is 16.4 Å². The van der Waals surface area contributed by atoms with E-state index in [1.54, 1.807) is 7.05 Å². The van der Waals surface area contributed by atoms with Crippen LogP contribution in [0, 0.1) is 0 Å². The minimum Gasteiger partial charge on any atom is -0.313 e. The molecule has 0 saturated carbocycles. The second kappa shape index (κ2) is 6.59. The van der Waals surface area contributed by atoms with Crippen molar-refractivity contribution in [1.29, 1.82) is 0 Å². The van der Waals surface area contributed by atoms with Crippen molar-refractivity contribution in [3.8, 4) is 0 Å². The molecule has 0 aliphatic carbocycles. The minimum atomic E-state index is -0.785. The topological polar surface area (TPSA) is 79.8 Å². The molecule has 1 aromatic carbocycles. The van der Waals surface area contributed by atoms with Gasteiger partial charge >= 0.3 is 11.1 Å². The molecule has 0 bridgehead atoms. The predicted molar refractivity (Wildman–Crippen MR) is 85.8 cm³/mol. The molecule has 0 amide bonds. The largest absolute Gasteiger partial charge is 0.339 e. The molecule has 0 radical (unpaired) electrons. The van der Waals surface area contributed by atoms with Crippen LogP contribution in [-0.2, 0) is 7.05 Å². The number of H-pyrrole nitrogens is 1. The zero-order valence-corrected chi connectivity index (χ0v) is 14.2. The number of aromatic nitrogens is 3. The van der Waals surface area contributed by atoms with Crippen LogP contribution < -0.4 is 16.4 Å². The van der Waals surface area contributed by atoms with Gasteiger partial charge in [-0.25, -0.2) is 0 Å². The van der Waals surface area contributed by atoms with Crippen LogP contribution in [0.5, 0.6) is 0 Å². The van der Waals surface area contributed by atoms with Gasteiger partial charge in [0.05, 0.1) is 0 Å². The average Bonchev–Trinajstić information content (AvgIpc) is 2.45. The van der Waals surface area contributed by atoms with Crippen molar-refractivity contribution >= 4 is 27.7 Å². The van der Waals surface area contributed by atoms with Crippen molar-refractivity contribution < 1.29 is 0 Å². The summed E-state index contributed by atoms with van der Waals surface area (Å²) < 4.78 is 2.35. The molecule has 112 valence electrons. The van der Waals surface area contributed by atoms with E-state index < -0.39 is 11.1 Å². The third-order valence-corrected chi connectivity index (χ3v) is 5.08. The van der Waals surface area contributed by atoms with Crippen molar-refractivity contribution in [1.82, 2.24) is 20.1 Å². The number of rotatable bonds is 4. The van der Waals surface area contributed by atoms with Crippen LogP contribution >= 0.6 is 27.7 Å². The van der Waals surface area contributed by atoms with Gasteiger partial charge in [0.25, 0.3) is 0 Å². The lowest BCUT2D eigenvalue weighted by molar-refractivity contribution is 0.596. The Morgan fingerprint density at radius 2 is 2.14 bits per heavy atom. The molecule has 0 fully saturated rings. The standard InChI is InChI=1S/C13H15BrN4O2S/c1-7(15-2)8-4-5-10(9(14)6-8)21-13-16-11(19)12(20)17-18(13)3/h4-7,15H,1-3H3,(H,17,20). The highest BCUT2D eigenvalue weighted by molar-refractivity contribution is 9.10. The molecule has 1 heterocycles. The first-order chi connectivity index (χ1) is 9.92. The Hall–Kier alpha value is -1.38. The van der Waals surface area contributed by atoms with Gasteiger partial charge in [0, 0.05) is 22.5 Å². The van der Waals surface area contributed by atoms with Gasteiger partial charge in [-0.3, -0.25) is 19.4 Å². The van der Waals surface area contributed by atoms with Crippen LogP contribution in [0.1, 0.15) is 18.5 Å². The summed E-state index contributed by atoms with van der Waals surface area (Å²) in [6, 6.07) is 6.23. The maximum atomic E-state index is 11.3. The number of hydrogen-bond donors (Lipinski definition) is 2. The molecule has 8 heteroatoms. The Balaban J connectivity index is 2.34. The molecular weight excluding hydrogens is 356 g/mol. The quantitative estimate of drug-likeness (QED) is 0.800. The highest BCUT2D eigenvalue weighted by Gasteiger charge is 2.11. The van der Waals surface area contributed by atoms with Gasteiger partial charge < -0.3 is 5.32 Å². The Kier molecular flexibility index (Phi) is 5.02. The highest BCUT2D eigenvalue weighted by atomic mass is 79.9. The molecule has 21 heavy (non-hydrogen) atoms. The van der Waals surface area contributed by atoms with Crippen LogP contribution in [-0.4, -0.2) is 21.8 Å². The van der Waals surface area contributed by atoms with Gasteiger partial charge in [0.15, 0.2) is 5.16 Å². The van der Waals surface area contributed by atoms with E-state index in [-0.39, 0.29) is 6.04 Å². The number of hydrogen-bond acceptors (Lipinski definition) is 5. The first kappa shape index (κ1) is 16.0. The van der Waals surface area contributed by atoms with Crippen LogP contribution in [0.15, 0.2) is 42.3 Å². The Morgan fingerprint density at radius 3 is 2.76 bits per heavy atom. The zero-order valence-electron chi connectivity index (χ0n) is 11.8. The lowest BCUT2D eigenvalue weighted by atomic mass is 10.1. The van der Waals surface area contributed by atoms with E-state index in [4.69, 9.17) is 0 Å². The molecule has 0 spiro atoms. The van der Waals surface area contributed by atoms with Crippen molar-refractivity contribution in [3.63, 3.8) is 0 Å². The lowest BCUT2D eigenvalue weighted by Gasteiger charge is -2.13. The van der Waals surface area contributed by atoms with Crippen molar-refractivity contribution in [3.05, 3.63) is 48.9 Å². The Labute approximate surface area is 134 Å². The molecule has 1 unspecified atom stereocenters. The molecule has 2 rings (SSSR count). The summed E-state index contributed by atoms with van der Waals surface area (Å²) in [6.07, 6.45) is 0. The van der Waals surface area contributed by atoms with Gasteiger partial charge in [-0.05, 0) is 59.4 Å². The number of aromatic amines is 1. The van der Waals surface area contributed by atoms with E-state index >= 15 is 0 Å². The highest BCUT2D eigenvalue weighted by Crippen LogP contribution is 2.33. The fourth-order valence-corrected chi connectivity index (χ4v) is 3.13. The average molecular weight is 371 g/mol. The third kappa shape index (κ3) is 3.63. The lowest BCUT2D eigenvalue weighted by Crippen LogP contribution is -2.33. The summed E-state index contributed by atoms with van der Waals surface area (Å²) in [6.45, 7) is 2.07. The molecule has 2 aromatic rings. The van der Waals surface area contributed by atoms with Crippen molar-refractivity contribution in [2.45, 2.75) is 23.0 Å². The van der Waals surface area contributed by atoms with Gasteiger partial charge in [-0.15, -0.1) is 0 Å². The third-order valence-electron chi connectivity index (χ3n) is 3.04. The number of nitrogens with one attached hydrogen (secondary N) is 2. The summed E-state index contributed by atoms with van der Waals surface area (Å²) >= 11 is 4.83. The molecule has 0 saturated heterocycles. The van der Waals surface area contributed by atoms with Crippen LogP contribution in [0.3, 0.4) is 0 Å². The van der Waals surface area contributed by atoms with E-state index in [1.807, 2.05) is 25.2 Å². The molecule has 0 aliphatic rings. The summed E-state index contributed by atoms with van der Waals surface area (Å²) in [5.74, 6) is 0. The molecule has 6 nitrogen and oxygen atoms in total. The van der Waals surface area contributed by atoms with Crippen molar-refractivity contribution in [2.75, 3.05) is 7.05 Å². The van der Waals surface area contributed by atoms with Crippen molar-refractivity contribution in [2.24, 2.45) is 7.05 Å². The molecule has 1 atom stereocenters. The maximum Gasteiger partial charge on any atom is 0.339 e. The summed E-state index contributed by atoms with van der Waals surface area (Å²) in [4.78, 5) is 27.2. The van der Waals surface area contributed by atoms with Gasteiger partial charge in [0.1, 0.15) is 0 Å². The number of aryl methyl sites for hydroxylation is 1. The maximum absolute atomic E-state index is 11.3. The fraction of sp³-hybridized carbons (Fsp3) is 0.308. The second-order valence-corrected chi connectivity index (χ2v) is 6.37. The zero-order chi connectivity index (χ0) is 15.6. The first-order valence-electron chi connectivity index (χ1n) is 6.24. The SMILES string of the molecule is CNC(C)c1ccc(Sc2nc(=O)c(=O)[nH]n2C)c(Br)c1. The van der Waals surface area contributed by atoms with E-state index in [9.17, 15) is 9.59 Å². The first-order valence-corrected chi connectivity index (χ1v) is 7.85. The number of nitrogens with zero attached hydrogens (tertiary/aromatic N) is 2. The summed E-state index contributed by atoms with van der Waals surface area (Å²) in [7, 11) is 3.54. The van der Waals surface area contributed by atoms with E-state index in [0.717, 1.165) is 14.9 Å². The van der Waals surface area contributed by atoms with Gasteiger partial charge in [-0.2, -0.15) is 4.98 Å². The molecule has 1 aromatic heterocycles. The summed E-state index contributed by atoms with van der Waals surface area (Å²) in [5, 5.41) is 6.03. The molecular formula is C13H15BrN4O2S. The monoisotopic (exact) mass is 370 g/mol. The second-order valence-electron chi connectivity index (χ2n) is 4.50. The van der Waals surface area contributed by atoms with Crippen LogP contribution in [0.25, 0.3) is 0 Å². The minimum absolute atomic E-state index is 0.246. The van der Waals surface area contributed by atoms with Crippen LogP contribution in [0.4, 0.5) is 0 Å². The summed E-state index contributed by atoms with van der Waals surface area (Å²) in [5.41, 5.74) is -0.358. The fourth-order valence-electron chi connectivity index (χ4n) is 1.69. The predicted octanol–water partition coefficient (Wildman–Crippen LogP) is 1.66. The van der Waals surface area contributed by atoms with Gasteiger partial charge in [-0.1, -0.05) is 6.07 Å². The van der Waals surface area contributed by atoms with E-state index in [0.29, 0.717) is 5.16 Å². The number of halogens is 1. The Bertz CT molecular complexity index is 771. The molecule has 2 N–H and O–H groups in total. The van der Waals surface area contributed by atoms with Crippen LogP contribution in [0.2, 0.25) is 0 Å². The van der Waals surface area contributed by atoms with E-state index in [2.05, 4.69) is 38.3 Å². The smallest absolute Gasteiger partial charge is 0.313 e. The molecule has 0 aliphatic heterocycles.